The van der Waals surface area contributed by atoms with Crippen LogP contribution in [0.4, 0.5) is 0 Å². The number of hydrogen-bond acceptors (Lipinski definition) is 3. The van der Waals surface area contributed by atoms with Crippen molar-refractivity contribution < 1.29 is 14.6 Å². The molecule has 0 amide bonds. The Hall–Kier alpha value is -0.830. The van der Waals surface area contributed by atoms with Crippen molar-refractivity contribution in [1.29, 1.82) is 0 Å². The highest BCUT2D eigenvalue weighted by Crippen LogP contribution is 2.05. The number of esters is 1. The van der Waals surface area contributed by atoms with Crippen molar-refractivity contribution in [3.63, 3.8) is 0 Å². The minimum absolute atomic E-state index is 0.113. The summed E-state index contributed by atoms with van der Waals surface area (Å²) in [5.74, 6) is -0.113. The van der Waals surface area contributed by atoms with E-state index in [1.54, 1.807) is 0 Å². The summed E-state index contributed by atoms with van der Waals surface area (Å²) in [6, 6.07) is 0. The molecule has 0 aliphatic carbocycles. The second-order valence-electron chi connectivity index (χ2n) is 4.22. The van der Waals surface area contributed by atoms with Gasteiger partial charge in [0.25, 0.3) is 0 Å². The van der Waals surface area contributed by atoms with Gasteiger partial charge in [0.1, 0.15) is 0 Å². The van der Waals surface area contributed by atoms with Crippen molar-refractivity contribution >= 4 is 5.97 Å². The number of hydrogen-bond donors (Lipinski definition) is 1. The Labute approximate surface area is 105 Å². The van der Waals surface area contributed by atoms with E-state index in [-0.39, 0.29) is 5.97 Å². The highest BCUT2D eigenvalue weighted by atomic mass is 16.5. The molecule has 0 radical (unpaired) electrons. The molecule has 0 aromatic carbocycles. The Morgan fingerprint density at radius 3 is 2.18 bits per heavy atom. The lowest BCUT2D eigenvalue weighted by atomic mass is 10.1. The summed E-state index contributed by atoms with van der Waals surface area (Å²) in [4.78, 5) is 10.8. The molecule has 0 bridgehead atoms. The molecule has 0 aliphatic rings. The molecule has 0 rings (SSSR count). The van der Waals surface area contributed by atoms with Crippen LogP contribution in [-0.2, 0) is 9.53 Å². The van der Waals surface area contributed by atoms with Crippen LogP contribution in [0.5, 0.6) is 0 Å². The predicted molar refractivity (Wildman–Crippen MR) is 69.8 cm³/mol. The van der Waals surface area contributed by atoms with Crippen molar-refractivity contribution in [1.82, 2.24) is 0 Å². The Balaban J connectivity index is 3.12. The molecule has 0 aromatic rings. The molecule has 0 saturated carbocycles. The molecule has 0 atom stereocenters. The number of aliphatic hydroxyl groups is 1. The van der Waals surface area contributed by atoms with Gasteiger partial charge in [-0.15, -0.1) is 0 Å². The van der Waals surface area contributed by atoms with Crippen LogP contribution in [0.25, 0.3) is 0 Å². The van der Waals surface area contributed by atoms with Gasteiger partial charge in [-0.2, -0.15) is 0 Å². The van der Waals surface area contributed by atoms with Crippen LogP contribution in [0, 0.1) is 0 Å². The normalized spacial score (nSPS) is 10.9. The van der Waals surface area contributed by atoms with Gasteiger partial charge in [-0.25, -0.2) is 0 Å². The van der Waals surface area contributed by atoms with E-state index < -0.39 is 0 Å². The summed E-state index contributed by atoms with van der Waals surface area (Å²) in [6.45, 7) is 0.316. The summed E-state index contributed by atoms with van der Waals surface area (Å²) in [5.41, 5.74) is 0. The van der Waals surface area contributed by atoms with Gasteiger partial charge in [0.05, 0.1) is 7.11 Å². The van der Waals surface area contributed by atoms with Crippen LogP contribution in [0.3, 0.4) is 0 Å². The molecule has 0 heterocycles. The first-order valence-electron chi connectivity index (χ1n) is 6.64. The summed E-state index contributed by atoms with van der Waals surface area (Å²) in [6.07, 6.45) is 13.6. The molecule has 0 aromatic heterocycles. The summed E-state index contributed by atoms with van der Waals surface area (Å²) in [7, 11) is 1.43. The highest BCUT2D eigenvalue weighted by Gasteiger charge is 1.97. The van der Waals surface area contributed by atoms with Crippen LogP contribution in [0.15, 0.2) is 12.2 Å². The van der Waals surface area contributed by atoms with E-state index in [1.165, 1.54) is 20.0 Å². The monoisotopic (exact) mass is 242 g/mol. The quantitative estimate of drug-likeness (QED) is 0.344. The van der Waals surface area contributed by atoms with Crippen LogP contribution in [0.2, 0.25) is 0 Å². The van der Waals surface area contributed by atoms with Crippen molar-refractivity contribution in [2.75, 3.05) is 13.7 Å². The number of allylic oxidation sites excluding steroid dienone is 2. The van der Waals surface area contributed by atoms with E-state index >= 15 is 0 Å². The first kappa shape index (κ1) is 16.2. The van der Waals surface area contributed by atoms with Gasteiger partial charge >= 0.3 is 5.97 Å². The largest absolute Gasteiger partial charge is 0.469 e. The molecule has 0 spiro atoms. The van der Waals surface area contributed by atoms with Gasteiger partial charge in [0.2, 0.25) is 0 Å². The first-order valence-corrected chi connectivity index (χ1v) is 6.64. The Kier molecular flexibility index (Phi) is 12.6. The Bertz CT molecular complexity index is 200. The van der Waals surface area contributed by atoms with E-state index in [1.807, 2.05) is 0 Å². The smallest absolute Gasteiger partial charge is 0.305 e. The second kappa shape index (κ2) is 13.2. The number of carbonyl (C=O) groups is 1. The zero-order valence-electron chi connectivity index (χ0n) is 11.0. The lowest BCUT2D eigenvalue weighted by Crippen LogP contribution is -1.98. The maximum absolute atomic E-state index is 10.8. The zero-order valence-corrected chi connectivity index (χ0v) is 11.0. The number of rotatable bonds is 11. The Morgan fingerprint density at radius 1 is 1.00 bits per heavy atom. The van der Waals surface area contributed by atoms with Crippen LogP contribution in [0.1, 0.15) is 57.8 Å². The first-order chi connectivity index (χ1) is 8.31. The fourth-order valence-electron chi connectivity index (χ4n) is 1.60. The summed E-state index contributed by atoms with van der Waals surface area (Å²) < 4.78 is 4.57. The van der Waals surface area contributed by atoms with Crippen molar-refractivity contribution in [3.05, 3.63) is 12.2 Å². The molecule has 17 heavy (non-hydrogen) atoms. The van der Waals surface area contributed by atoms with Crippen molar-refractivity contribution in [2.24, 2.45) is 0 Å². The van der Waals surface area contributed by atoms with E-state index in [4.69, 9.17) is 5.11 Å². The maximum Gasteiger partial charge on any atom is 0.305 e. The second-order valence-corrected chi connectivity index (χ2v) is 4.22. The van der Waals surface area contributed by atoms with Gasteiger partial charge in [0.15, 0.2) is 0 Å². The van der Waals surface area contributed by atoms with Crippen molar-refractivity contribution in [2.45, 2.75) is 57.8 Å². The zero-order chi connectivity index (χ0) is 12.8. The maximum atomic E-state index is 10.8. The molecule has 0 fully saturated rings. The third-order valence-corrected chi connectivity index (χ3v) is 2.67. The lowest BCUT2D eigenvalue weighted by molar-refractivity contribution is -0.140. The fourth-order valence-corrected chi connectivity index (χ4v) is 1.60. The molecule has 3 nitrogen and oxygen atoms in total. The SMILES string of the molecule is COC(=O)CCCCC=CCCCCCCO. The molecular formula is C14H26O3. The Morgan fingerprint density at radius 2 is 1.59 bits per heavy atom. The van der Waals surface area contributed by atoms with Gasteiger partial charge in [0, 0.05) is 13.0 Å². The molecule has 100 valence electrons. The summed E-state index contributed by atoms with van der Waals surface area (Å²) in [5, 5.41) is 8.60. The number of methoxy groups -OCH3 is 1. The highest BCUT2D eigenvalue weighted by molar-refractivity contribution is 5.68. The third kappa shape index (κ3) is 13.1. The molecule has 1 N–H and O–H groups in total. The minimum atomic E-state index is -0.113. The number of aliphatic hydroxyl groups excluding tert-OH is 1. The summed E-state index contributed by atoms with van der Waals surface area (Å²) >= 11 is 0. The topological polar surface area (TPSA) is 46.5 Å². The number of ether oxygens (including phenoxy) is 1. The third-order valence-electron chi connectivity index (χ3n) is 2.67. The van der Waals surface area contributed by atoms with Crippen LogP contribution >= 0.6 is 0 Å². The number of carbonyl (C=O) groups excluding carboxylic acids is 1. The van der Waals surface area contributed by atoms with E-state index in [0.29, 0.717) is 13.0 Å². The van der Waals surface area contributed by atoms with Gasteiger partial charge in [-0.1, -0.05) is 25.0 Å². The van der Waals surface area contributed by atoms with E-state index in [2.05, 4.69) is 16.9 Å². The van der Waals surface area contributed by atoms with Gasteiger partial charge in [-0.05, 0) is 38.5 Å². The molecular weight excluding hydrogens is 216 g/mol. The molecule has 0 saturated heterocycles. The number of unbranched alkanes of at least 4 members (excludes halogenated alkanes) is 6. The van der Waals surface area contributed by atoms with Crippen LogP contribution in [-0.4, -0.2) is 24.8 Å². The van der Waals surface area contributed by atoms with Crippen molar-refractivity contribution in [3.8, 4) is 0 Å². The molecule has 3 heteroatoms. The van der Waals surface area contributed by atoms with E-state index in [0.717, 1.165) is 38.5 Å². The minimum Gasteiger partial charge on any atom is -0.469 e. The predicted octanol–water partition coefficient (Wildman–Crippen LogP) is 3.22. The van der Waals surface area contributed by atoms with Gasteiger partial charge in [-0.3, -0.25) is 4.79 Å². The standard InChI is InChI=1S/C14H26O3/c1-17-14(16)12-10-8-6-4-2-3-5-7-9-11-13-15/h2,4,15H,3,5-13H2,1H3. The van der Waals surface area contributed by atoms with Crippen LogP contribution < -0.4 is 0 Å². The average Bonchev–Trinajstić information content (AvgIpc) is 2.35. The fraction of sp³-hybridized carbons (Fsp3) is 0.786. The molecule has 0 unspecified atom stereocenters. The lowest BCUT2D eigenvalue weighted by Gasteiger charge is -1.97. The molecule has 0 aliphatic heterocycles. The van der Waals surface area contributed by atoms with Gasteiger partial charge < -0.3 is 9.84 Å². The van der Waals surface area contributed by atoms with E-state index in [9.17, 15) is 4.79 Å². The average molecular weight is 242 g/mol.